The summed E-state index contributed by atoms with van der Waals surface area (Å²) in [5.74, 6) is -0.407. The molecule has 0 bridgehead atoms. The highest BCUT2D eigenvalue weighted by atomic mass is 79.9. The molecule has 0 radical (unpaired) electrons. The quantitative estimate of drug-likeness (QED) is 0.803. The first-order valence-corrected chi connectivity index (χ1v) is 6.65. The van der Waals surface area contributed by atoms with Gasteiger partial charge in [0.05, 0.1) is 11.1 Å². The Hall–Kier alpha value is -1.04. The Bertz CT molecular complexity index is 471. The van der Waals surface area contributed by atoms with Gasteiger partial charge in [0.1, 0.15) is 0 Å². The fraction of sp³-hybridized carbons (Fsp3) is 0.462. The Morgan fingerprint density at radius 2 is 1.95 bits per heavy atom. The van der Waals surface area contributed by atoms with Gasteiger partial charge in [0.25, 0.3) is 5.91 Å². The number of nitrogens with zero attached hydrogens (tertiary/aromatic N) is 1. The van der Waals surface area contributed by atoms with Crippen LogP contribution in [0.1, 0.15) is 36.7 Å². The zero-order valence-electron chi connectivity index (χ0n) is 10.9. The number of alkyl halides is 3. The Morgan fingerprint density at radius 1 is 1.37 bits per heavy atom. The van der Waals surface area contributed by atoms with Gasteiger partial charge < -0.3 is 4.90 Å². The average Bonchev–Trinajstić information content (AvgIpc) is 2.28. The molecule has 0 unspecified atom stereocenters. The van der Waals surface area contributed by atoms with Gasteiger partial charge in [-0.15, -0.1) is 0 Å². The smallest absolute Gasteiger partial charge is 0.336 e. The summed E-state index contributed by atoms with van der Waals surface area (Å²) in [5.41, 5.74) is -0.788. The number of carbonyl (C=O) groups excluding carboxylic acids is 1. The summed E-state index contributed by atoms with van der Waals surface area (Å²) >= 11 is 3.13. The van der Waals surface area contributed by atoms with Crippen LogP contribution in [0.5, 0.6) is 0 Å². The van der Waals surface area contributed by atoms with E-state index < -0.39 is 17.6 Å². The number of halogens is 4. The van der Waals surface area contributed by atoms with Crippen LogP contribution in [0.25, 0.3) is 0 Å². The maximum Gasteiger partial charge on any atom is 0.416 e. The monoisotopic (exact) mass is 337 g/mol. The molecule has 19 heavy (non-hydrogen) atoms. The van der Waals surface area contributed by atoms with Crippen molar-refractivity contribution in [1.82, 2.24) is 4.90 Å². The summed E-state index contributed by atoms with van der Waals surface area (Å²) < 4.78 is 38.4. The van der Waals surface area contributed by atoms with E-state index in [1.54, 1.807) is 6.92 Å². The van der Waals surface area contributed by atoms with Crippen molar-refractivity contribution in [3.63, 3.8) is 0 Å². The molecule has 0 aliphatic rings. The van der Waals surface area contributed by atoms with Crippen molar-refractivity contribution in [3.05, 3.63) is 33.8 Å². The molecule has 6 heteroatoms. The SMILES string of the molecule is CCN(C(=O)c1cc(C(F)(F)F)ccc1Br)C(C)C. The van der Waals surface area contributed by atoms with Gasteiger partial charge in [-0.05, 0) is 54.9 Å². The molecule has 2 nitrogen and oxygen atoms in total. The molecule has 0 fully saturated rings. The lowest BCUT2D eigenvalue weighted by Gasteiger charge is -2.26. The van der Waals surface area contributed by atoms with E-state index in [2.05, 4.69) is 15.9 Å². The third-order valence-corrected chi connectivity index (χ3v) is 3.44. The first kappa shape index (κ1) is 16.0. The van der Waals surface area contributed by atoms with Crippen LogP contribution in [0, 0.1) is 0 Å². The molecular weight excluding hydrogens is 323 g/mol. The summed E-state index contributed by atoms with van der Waals surface area (Å²) in [4.78, 5) is 13.8. The van der Waals surface area contributed by atoms with Crippen LogP contribution in [-0.4, -0.2) is 23.4 Å². The van der Waals surface area contributed by atoms with Crippen LogP contribution in [0.4, 0.5) is 13.2 Å². The summed E-state index contributed by atoms with van der Waals surface area (Å²) in [7, 11) is 0. The zero-order chi connectivity index (χ0) is 14.8. The molecule has 0 aliphatic carbocycles. The minimum absolute atomic E-state index is 0.0328. The summed E-state index contributed by atoms with van der Waals surface area (Å²) in [5, 5.41) is 0. The molecule has 1 rings (SSSR count). The van der Waals surface area contributed by atoms with Crippen molar-refractivity contribution < 1.29 is 18.0 Å². The fourth-order valence-electron chi connectivity index (χ4n) is 1.76. The van der Waals surface area contributed by atoms with Crippen LogP contribution in [-0.2, 0) is 6.18 Å². The number of hydrogen-bond donors (Lipinski definition) is 0. The molecule has 0 spiro atoms. The largest absolute Gasteiger partial charge is 0.416 e. The normalized spacial score (nSPS) is 11.8. The molecule has 1 amide bonds. The minimum atomic E-state index is -4.45. The van der Waals surface area contributed by atoms with Crippen molar-refractivity contribution in [2.24, 2.45) is 0 Å². The molecule has 0 heterocycles. The molecule has 0 saturated carbocycles. The molecule has 106 valence electrons. The van der Waals surface area contributed by atoms with Gasteiger partial charge in [-0.25, -0.2) is 0 Å². The van der Waals surface area contributed by atoms with Gasteiger partial charge in [-0.1, -0.05) is 0 Å². The number of hydrogen-bond acceptors (Lipinski definition) is 1. The van der Waals surface area contributed by atoms with Crippen molar-refractivity contribution in [2.45, 2.75) is 33.0 Å². The van der Waals surface area contributed by atoms with E-state index in [4.69, 9.17) is 0 Å². The van der Waals surface area contributed by atoms with Crippen molar-refractivity contribution >= 4 is 21.8 Å². The fourth-order valence-corrected chi connectivity index (χ4v) is 2.18. The van der Waals surface area contributed by atoms with E-state index in [9.17, 15) is 18.0 Å². The maximum absolute atomic E-state index is 12.7. The first-order chi connectivity index (χ1) is 8.68. The molecule has 1 aromatic rings. The van der Waals surface area contributed by atoms with E-state index in [1.165, 1.54) is 11.0 Å². The number of benzene rings is 1. The predicted molar refractivity (Wildman–Crippen MR) is 71.0 cm³/mol. The second kappa shape index (κ2) is 5.94. The predicted octanol–water partition coefficient (Wildman–Crippen LogP) is 4.34. The summed E-state index contributed by atoms with van der Waals surface area (Å²) in [6.07, 6.45) is -4.45. The standard InChI is InChI=1S/C13H15BrF3NO/c1-4-18(8(2)3)12(19)10-7-9(13(15,16)17)5-6-11(10)14/h5-8H,4H2,1-3H3. The Kier molecular flexibility index (Phi) is 5.01. The van der Waals surface area contributed by atoms with Crippen LogP contribution in [0.15, 0.2) is 22.7 Å². The molecule has 0 aromatic heterocycles. The lowest BCUT2D eigenvalue weighted by Crippen LogP contribution is -2.37. The van der Waals surface area contributed by atoms with E-state index in [0.717, 1.165) is 12.1 Å². The second-order valence-electron chi connectivity index (χ2n) is 4.38. The zero-order valence-corrected chi connectivity index (χ0v) is 12.5. The van der Waals surface area contributed by atoms with Crippen LogP contribution < -0.4 is 0 Å². The van der Waals surface area contributed by atoms with Gasteiger partial charge >= 0.3 is 6.18 Å². The number of rotatable bonds is 3. The van der Waals surface area contributed by atoms with Crippen LogP contribution in [0.3, 0.4) is 0 Å². The number of amides is 1. The van der Waals surface area contributed by atoms with Crippen LogP contribution in [0.2, 0.25) is 0 Å². The van der Waals surface area contributed by atoms with Gasteiger partial charge in [-0.2, -0.15) is 13.2 Å². The van der Waals surface area contributed by atoms with Crippen molar-refractivity contribution in [1.29, 1.82) is 0 Å². The van der Waals surface area contributed by atoms with Gasteiger partial charge in [0.15, 0.2) is 0 Å². The van der Waals surface area contributed by atoms with E-state index in [0.29, 0.717) is 11.0 Å². The van der Waals surface area contributed by atoms with E-state index >= 15 is 0 Å². The average molecular weight is 338 g/mol. The Balaban J connectivity index is 3.23. The molecule has 0 aliphatic heterocycles. The Morgan fingerprint density at radius 3 is 2.37 bits per heavy atom. The van der Waals surface area contributed by atoms with E-state index in [-0.39, 0.29) is 11.6 Å². The van der Waals surface area contributed by atoms with Crippen molar-refractivity contribution in [2.75, 3.05) is 6.54 Å². The molecule has 0 saturated heterocycles. The second-order valence-corrected chi connectivity index (χ2v) is 5.23. The lowest BCUT2D eigenvalue weighted by molar-refractivity contribution is -0.137. The first-order valence-electron chi connectivity index (χ1n) is 5.86. The van der Waals surface area contributed by atoms with E-state index in [1.807, 2.05) is 13.8 Å². The number of carbonyl (C=O) groups is 1. The van der Waals surface area contributed by atoms with Gasteiger partial charge in [-0.3, -0.25) is 4.79 Å². The van der Waals surface area contributed by atoms with Crippen LogP contribution >= 0.6 is 15.9 Å². The molecule has 0 N–H and O–H groups in total. The minimum Gasteiger partial charge on any atom is -0.336 e. The highest BCUT2D eigenvalue weighted by Crippen LogP contribution is 2.32. The van der Waals surface area contributed by atoms with Crippen molar-refractivity contribution in [3.8, 4) is 0 Å². The maximum atomic E-state index is 12.7. The summed E-state index contributed by atoms with van der Waals surface area (Å²) in [6, 6.07) is 3.02. The third-order valence-electron chi connectivity index (χ3n) is 2.75. The topological polar surface area (TPSA) is 20.3 Å². The Labute approximate surface area is 118 Å². The van der Waals surface area contributed by atoms with Gasteiger partial charge in [0, 0.05) is 17.1 Å². The highest BCUT2D eigenvalue weighted by Gasteiger charge is 2.32. The van der Waals surface area contributed by atoms with Gasteiger partial charge in [0.2, 0.25) is 0 Å². The highest BCUT2D eigenvalue weighted by molar-refractivity contribution is 9.10. The molecule has 0 atom stereocenters. The molecular formula is C13H15BrF3NO. The summed E-state index contributed by atoms with van der Waals surface area (Å²) in [6.45, 7) is 5.88. The third kappa shape index (κ3) is 3.72. The lowest BCUT2D eigenvalue weighted by atomic mass is 10.1. The molecule has 1 aromatic carbocycles.